The summed E-state index contributed by atoms with van der Waals surface area (Å²) in [5.41, 5.74) is 1.60. The van der Waals surface area contributed by atoms with Crippen molar-refractivity contribution < 1.29 is 4.79 Å². The molecule has 4 heteroatoms. The average Bonchev–Trinajstić information content (AvgIpc) is 3.16. The summed E-state index contributed by atoms with van der Waals surface area (Å²) in [6, 6.07) is 2.41. The Morgan fingerprint density at radius 2 is 1.86 bits per heavy atom. The highest BCUT2D eigenvalue weighted by molar-refractivity contribution is 5.92. The molecule has 4 nitrogen and oxygen atoms in total. The van der Waals surface area contributed by atoms with Gasteiger partial charge < -0.3 is 4.90 Å². The van der Waals surface area contributed by atoms with Gasteiger partial charge in [0.25, 0.3) is 5.91 Å². The zero-order valence-corrected chi connectivity index (χ0v) is 14.4. The first kappa shape index (κ1) is 15.6. The molecule has 1 aliphatic heterocycles. The predicted molar refractivity (Wildman–Crippen MR) is 88.0 cm³/mol. The van der Waals surface area contributed by atoms with Gasteiger partial charge in [-0.2, -0.15) is 5.10 Å². The molecule has 122 valence electrons. The van der Waals surface area contributed by atoms with Crippen LogP contribution in [0.1, 0.15) is 75.5 Å². The zero-order valence-electron chi connectivity index (χ0n) is 14.4. The van der Waals surface area contributed by atoms with Crippen molar-refractivity contribution >= 4 is 5.91 Å². The number of aromatic nitrogens is 2. The molecule has 22 heavy (non-hydrogen) atoms. The lowest BCUT2D eigenvalue weighted by atomic mass is 9.96. The van der Waals surface area contributed by atoms with E-state index in [1.807, 2.05) is 17.7 Å². The molecule has 1 amide bonds. The van der Waals surface area contributed by atoms with E-state index in [0.717, 1.165) is 24.6 Å². The van der Waals surface area contributed by atoms with Crippen molar-refractivity contribution in [3.63, 3.8) is 0 Å². The van der Waals surface area contributed by atoms with Gasteiger partial charge in [0.1, 0.15) is 0 Å². The zero-order chi connectivity index (χ0) is 15.9. The standard InChI is InChI=1S/C18H29N3O/c1-13-12-15(19-21(13)18(2,3)4)17(22)20-11-7-10-16(20)14-8-5-6-9-14/h12,14,16H,5-11H2,1-4H3. The number of carbonyl (C=O) groups is 1. The Labute approximate surface area is 133 Å². The summed E-state index contributed by atoms with van der Waals surface area (Å²) in [4.78, 5) is 15.1. The van der Waals surface area contributed by atoms with Crippen LogP contribution in [0.3, 0.4) is 0 Å². The molecule has 0 aromatic carbocycles. The maximum absolute atomic E-state index is 13.0. The molecule has 1 saturated carbocycles. The number of hydrogen-bond acceptors (Lipinski definition) is 2. The third kappa shape index (κ3) is 2.80. The van der Waals surface area contributed by atoms with E-state index < -0.39 is 0 Å². The van der Waals surface area contributed by atoms with Crippen molar-refractivity contribution in [2.24, 2.45) is 5.92 Å². The fourth-order valence-electron chi connectivity index (χ4n) is 4.28. The monoisotopic (exact) mass is 303 g/mol. The summed E-state index contributed by atoms with van der Waals surface area (Å²) in [6.07, 6.45) is 7.58. The second kappa shape index (κ2) is 5.71. The molecule has 1 aromatic heterocycles. The van der Waals surface area contributed by atoms with E-state index >= 15 is 0 Å². The van der Waals surface area contributed by atoms with E-state index in [0.29, 0.717) is 11.7 Å². The maximum Gasteiger partial charge on any atom is 0.274 e. The van der Waals surface area contributed by atoms with Gasteiger partial charge in [0.05, 0.1) is 5.54 Å². The van der Waals surface area contributed by atoms with E-state index in [1.165, 1.54) is 32.1 Å². The molecular formula is C18H29N3O. The largest absolute Gasteiger partial charge is 0.334 e. The molecule has 1 saturated heterocycles. The molecule has 0 spiro atoms. The SMILES string of the molecule is Cc1cc(C(=O)N2CCCC2C2CCCC2)nn1C(C)(C)C. The van der Waals surface area contributed by atoms with Crippen molar-refractivity contribution in [1.82, 2.24) is 14.7 Å². The van der Waals surface area contributed by atoms with Crippen LogP contribution in [-0.2, 0) is 5.54 Å². The summed E-state index contributed by atoms with van der Waals surface area (Å²) < 4.78 is 1.97. The number of amides is 1. The molecule has 1 unspecified atom stereocenters. The molecule has 0 N–H and O–H groups in total. The van der Waals surface area contributed by atoms with Crippen molar-refractivity contribution in [3.05, 3.63) is 17.5 Å². The smallest absolute Gasteiger partial charge is 0.274 e. The Morgan fingerprint density at radius 3 is 2.45 bits per heavy atom. The minimum atomic E-state index is -0.0848. The third-order valence-electron chi connectivity index (χ3n) is 5.25. The number of rotatable bonds is 2. The molecule has 0 radical (unpaired) electrons. The van der Waals surface area contributed by atoms with E-state index in [1.54, 1.807) is 0 Å². The minimum Gasteiger partial charge on any atom is -0.334 e. The highest BCUT2D eigenvalue weighted by Gasteiger charge is 2.37. The number of likely N-dealkylation sites (tertiary alicyclic amines) is 1. The van der Waals surface area contributed by atoms with Crippen LogP contribution in [0.2, 0.25) is 0 Å². The summed E-state index contributed by atoms with van der Waals surface area (Å²) in [7, 11) is 0. The molecule has 1 aromatic rings. The van der Waals surface area contributed by atoms with Crippen LogP contribution in [0, 0.1) is 12.8 Å². The van der Waals surface area contributed by atoms with Crippen molar-refractivity contribution in [2.75, 3.05) is 6.54 Å². The van der Waals surface area contributed by atoms with Gasteiger partial charge in [-0.05, 0) is 65.4 Å². The van der Waals surface area contributed by atoms with Crippen molar-refractivity contribution in [2.45, 2.75) is 77.8 Å². The van der Waals surface area contributed by atoms with E-state index in [-0.39, 0.29) is 11.4 Å². The number of aryl methyl sites for hydroxylation is 1. The van der Waals surface area contributed by atoms with Crippen molar-refractivity contribution in [1.29, 1.82) is 0 Å². The summed E-state index contributed by atoms with van der Waals surface area (Å²) in [6.45, 7) is 9.31. The summed E-state index contributed by atoms with van der Waals surface area (Å²) in [5.74, 6) is 0.859. The highest BCUT2D eigenvalue weighted by Crippen LogP contribution is 2.36. The van der Waals surface area contributed by atoms with Crippen LogP contribution in [0.15, 0.2) is 6.07 Å². The average molecular weight is 303 g/mol. The van der Waals surface area contributed by atoms with Gasteiger partial charge in [0.2, 0.25) is 0 Å². The van der Waals surface area contributed by atoms with Gasteiger partial charge in [0.15, 0.2) is 5.69 Å². The van der Waals surface area contributed by atoms with E-state index in [2.05, 4.69) is 30.8 Å². The van der Waals surface area contributed by atoms with Gasteiger partial charge in [-0.25, -0.2) is 0 Å². The fraction of sp³-hybridized carbons (Fsp3) is 0.778. The lowest BCUT2D eigenvalue weighted by molar-refractivity contribution is 0.0681. The Bertz CT molecular complexity index is 549. The van der Waals surface area contributed by atoms with Crippen LogP contribution < -0.4 is 0 Å². The normalized spacial score (nSPS) is 23.5. The first-order valence-electron chi connectivity index (χ1n) is 8.76. The Morgan fingerprint density at radius 1 is 1.18 bits per heavy atom. The van der Waals surface area contributed by atoms with Gasteiger partial charge in [0, 0.05) is 18.3 Å². The first-order chi connectivity index (χ1) is 10.4. The van der Waals surface area contributed by atoms with Gasteiger partial charge >= 0.3 is 0 Å². The third-order valence-corrected chi connectivity index (χ3v) is 5.25. The summed E-state index contributed by atoms with van der Waals surface area (Å²) in [5, 5.41) is 4.61. The number of nitrogens with zero attached hydrogens (tertiary/aromatic N) is 3. The van der Waals surface area contributed by atoms with Crippen molar-refractivity contribution in [3.8, 4) is 0 Å². The van der Waals surface area contributed by atoms with Crippen LogP contribution in [-0.4, -0.2) is 33.2 Å². The molecule has 2 aliphatic rings. The minimum absolute atomic E-state index is 0.0848. The maximum atomic E-state index is 13.0. The molecule has 2 heterocycles. The topological polar surface area (TPSA) is 38.1 Å². The Balaban J connectivity index is 1.81. The Kier molecular flexibility index (Phi) is 4.04. The summed E-state index contributed by atoms with van der Waals surface area (Å²) >= 11 is 0. The second-order valence-electron chi connectivity index (χ2n) is 8.01. The molecule has 3 rings (SSSR count). The number of hydrogen-bond donors (Lipinski definition) is 0. The molecular weight excluding hydrogens is 274 g/mol. The molecule has 0 bridgehead atoms. The molecule has 2 fully saturated rings. The highest BCUT2D eigenvalue weighted by atomic mass is 16.2. The quantitative estimate of drug-likeness (QED) is 0.834. The second-order valence-corrected chi connectivity index (χ2v) is 8.01. The van der Waals surface area contributed by atoms with Crippen LogP contribution in [0.25, 0.3) is 0 Å². The van der Waals surface area contributed by atoms with E-state index in [9.17, 15) is 4.79 Å². The van der Waals surface area contributed by atoms with Gasteiger partial charge in [-0.1, -0.05) is 12.8 Å². The van der Waals surface area contributed by atoms with Crippen LogP contribution in [0.4, 0.5) is 0 Å². The lowest BCUT2D eigenvalue weighted by Gasteiger charge is -2.29. The Hall–Kier alpha value is -1.32. The van der Waals surface area contributed by atoms with Crippen LogP contribution >= 0.6 is 0 Å². The molecule has 1 aliphatic carbocycles. The van der Waals surface area contributed by atoms with Crippen LogP contribution in [0.5, 0.6) is 0 Å². The van der Waals surface area contributed by atoms with Gasteiger partial charge in [-0.3, -0.25) is 9.48 Å². The van der Waals surface area contributed by atoms with E-state index in [4.69, 9.17) is 0 Å². The predicted octanol–water partition coefficient (Wildman–Crippen LogP) is 3.74. The van der Waals surface area contributed by atoms with Gasteiger partial charge in [-0.15, -0.1) is 0 Å². The fourth-order valence-corrected chi connectivity index (χ4v) is 4.28. The first-order valence-corrected chi connectivity index (χ1v) is 8.76. The lowest BCUT2D eigenvalue weighted by Crippen LogP contribution is -2.39. The number of carbonyl (C=O) groups excluding carboxylic acids is 1. The molecule has 1 atom stereocenters.